The maximum absolute atomic E-state index is 15.3. The summed E-state index contributed by atoms with van der Waals surface area (Å²) >= 11 is 0. The Kier molecular flexibility index (Phi) is 6.85. The number of halogens is 4. The van der Waals surface area contributed by atoms with Crippen LogP contribution in [-0.4, -0.2) is 59.9 Å². The van der Waals surface area contributed by atoms with Gasteiger partial charge in [-0.2, -0.15) is 0 Å². The molecule has 1 N–H and O–H groups in total. The van der Waals surface area contributed by atoms with Crippen LogP contribution in [0.1, 0.15) is 42.4 Å². The van der Waals surface area contributed by atoms with Gasteiger partial charge < -0.3 is 15.0 Å². The maximum Gasteiger partial charge on any atom is 0.410 e. The van der Waals surface area contributed by atoms with Crippen LogP contribution in [0.5, 0.6) is 0 Å². The van der Waals surface area contributed by atoms with Gasteiger partial charge in [0, 0.05) is 35.3 Å². The lowest BCUT2D eigenvalue weighted by Crippen LogP contribution is -2.66. The second-order valence-corrected chi connectivity index (χ2v) is 12.0. The molecule has 3 saturated heterocycles. The normalized spacial score (nSPS) is 28.2. The second-order valence-electron chi connectivity index (χ2n) is 12.0. The van der Waals surface area contributed by atoms with E-state index in [-0.39, 0.29) is 30.8 Å². The van der Waals surface area contributed by atoms with Gasteiger partial charge >= 0.3 is 6.09 Å². The van der Waals surface area contributed by atoms with Gasteiger partial charge in [-0.25, -0.2) is 22.4 Å². The Morgan fingerprint density at radius 2 is 1.73 bits per heavy atom. The van der Waals surface area contributed by atoms with Crippen molar-refractivity contribution >= 4 is 29.5 Å². The van der Waals surface area contributed by atoms with E-state index in [4.69, 9.17) is 4.74 Å². The zero-order valence-corrected chi connectivity index (χ0v) is 24.3. The van der Waals surface area contributed by atoms with Crippen molar-refractivity contribution < 1.29 is 36.7 Å². The van der Waals surface area contributed by atoms with Crippen LogP contribution >= 0.6 is 0 Å². The molecule has 0 aliphatic carbocycles. The van der Waals surface area contributed by atoms with Gasteiger partial charge in [0.05, 0.1) is 18.6 Å². The quantitative estimate of drug-likeness (QED) is 0.298. The Morgan fingerprint density at radius 3 is 2.47 bits per heavy atom. The summed E-state index contributed by atoms with van der Waals surface area (Å²) in [5, 5.41) is 2.96. The van der Waals surface area contributed by atoms with Crippen molar-refractivity contribution in [3.63, 3.8) is 0 Å². The summed E-state index contributed by atoms with van der Waals surface area (Å²) in [6, 6.07) is 13.2. The molecule has 0 aromatic heterocycles. The van der Waals surface area contributed by atoms with Gasteiger partial charge in [-0.15, -0.1) is 0 Å². The maximum atomic E-state index is 15.3. The Hall–Kier alpha value is -4.51. The van der Waals surface area contributed by atoms with E-state index in [9.17, 15) is 27.2 Å². The van der Waals surface area contributed by atoms with Crippen molar-refractivity contribution in [3.8, 4) is 0 Å². The van der Waals surface area contributed by atoms with Crippen LogP contribution in [-0.2, 0) is 19.9 Å². The van der Waals surface area contributed by atoms with Crippen LogP contribution in [0.2, 0.25) is 0 Å². The molecule has 0 unspecified atom stereocenters. The molecule has 4 atom stereocenters. The van der Waals surface area contributed by atoms with E-state index in [1.54, 1.807) is 31.2 Å². The molecule has 7 nitrogen and oxygen atoms in total. The third-order valence-electron chi connectivity index (χ3n) is 9.80. The zero-order chi connectivity index (χ0) is 31.7. The van der Waals surface area contributed by atoms with Gasteiger partial charge in [0.1, 0.15) is 5.54 Å². The first-order valence-electron chi connectivity index (χ1n) is 14.9. The number of likely N-dealkylation sites (tertiary alicyclic amines) is 1. The van der Waals surface area contributed by atoms with Gasteiger partial charge in [-0.05, 0) is 73.8 Å². The topological polar surface area (TPSA) is 79.0 Å². The van der Waals surface area contributed by atoms with Gasteiger partial charge in [0.25, 0.3) is 5.91 Å². The van der Waals surface area contributed by atoms with E-state index in [2.05, 4.69) is 5.32 Å². The third kappa shape index (κ3) is 4.02. The minimum absolute atomic E-state index is 0.0360. The number of rotatable bonds is 3. The van der Waals surface area contributed by atoms with Crippen LogP contribution in [0.3, 0.4) is 0 Å². The Bertz CT molecular complexity index is 1800. The van der Waals surface area contributed by atoms with Crippen molar-refractivity contribution in [2.45, 2.75) is 37.3 Å². The first kappa shape index (κ1) is 29.2. The van der Waals surface area contributed by atoms with Gasteiger partial charge in [0.2, 0.25) is 0 Å². The molecule has 11 heteroatoms. The molecular formula is C34H29F4N3O4. The molecule has 45 heavy (non-hydrogen) atoms. The van der Waals surface area contributed by atoms with Gasteiger partial charge in [-0.3, -0.25) is 14.5 Å². The van der Waals surface area contributed by atoms with Gasteiger partial charge in [0.15, 0.2) is 29.1 Å². The number of piperidine rings is 1. The zero-order valence-electron chi connectivity index (χ0n) is 24.3. The number of anilines is 1. The van der Waals surface area contributed by atoms with E-state index < -0.39 is 64.0 Å². The first-order chi connectivity index (χ1) is 21.6. The fraction of sp³-hybridized carbons (Fsp3) is 0.324. The van der Waals surface area contributed by atoms with Crippen molar-refractivity contribution in [2.75, 3.05) is 31.6 Å². The van der Waals surface area contributed by atoms with Crippen LogP contribution in [0, 0.1) is 28.7 Å². The molecule has 3 aromatic carbocycles. The number of hydrogen-bond acceptors (Lipinski definition) is 5. The molecule has 0 bridgehead atoms. The predicted molar refractivity (Wildman–Crippen MR) is 156 cm³/mol. The van der Waals surface area contributed by atoms with Crippen molar-refractivity contribution in [1.29, 1.82) is 0 Å². The smallest absolute Gasteiger partial charge is 0.410 e. The lowest BCUT2D eigenvalue weighted by atomic mass is 9.55. The molecule has 0 saturated carbocycles. The summed E-state index contributed by atoms with van der Waals surface area (Å²) in [7, 11) is 0. The number of Topliss-reactive ketones (excluding diaryl/α,β-unsaturated/α-hetero) is 1. The number of para-hydroxylation sites is 1. The van der Waals surface area contributed by atoms with Crippen LogP contribution in [0.25, 0.3) is 6.08 Å². The summed E-state index contributed by atoms with van der Waals surface area (Å²) in [5.41, 5.74) is -1.81. The number of benzene rings is 3. The summed E-state index contributed by atoms with van der Waals surface area (Å²) < 4.78 is 62.7. The third-order valence-corrected chi connectivity index (χ3v) is 9.80. The van der Waals surface area contributed by atoms with E-state index in [0.29, 0.717) is 36.2 Å². The molecule has 3 fully saturated rings. The number of amides is 2. The molecule has 3 aromatic rings. The minimum Gasteiger partial charge on any atom is -0.450 e. The lowest BCUT2D eigenvalue weighted by Gasteiger charge is -2.51. The SMILES string of the molecule is CCOC(=O)N1C/C(=C\c2ccc(F)c(F)c2)C(=O)[C@@]2(C1)[C@H](c1ccc(F)c(F)c1)[C@H]1CCCN1[C@]21C(=O)Nc2ccccc21. The second kappa shape index (κ2) is 10.5. The van der Waals surface area contributed by atoms with Crippen molar-refractivity contribution in [3.05, 3.63) is 106 Å². The number of hydrogen-bond donors (Lipinski definition) is 1. The van der Waals surface area contributed by atoms with E-state index in [1.807, 2.05) is 4.90 Å². The predicted octanol–water partition coefficient (Wildman–Crippen LogP) is 5.76. The highest BCUT2D eigenvalue weighted by Crippen LogP contribution is 2.68. The molecule has 232 valence electrons. The highest BCUT2D eigenvalue weighted by atomic mass is 19.2. The van der Waals surface area contributed by atoms with Crippen LogP contribution < -0.4 is 5.32 Å². The fourth-order valence-electron chi connectivity index (χ4n) is 8.32. The van der Waals surface area contributed by atoms with E-state index in [1.165, 1.54) is 23.1 Å². The Balaban J connectivity index is 1.55. The number of fused-ring (bicyclic) bond motifs is 5. The number of ether oxygens (including phenoxy) is 1. The largest absolute Gasteiger partial charge is 0.450 e. The summed E-state index contributed by atoms with van der Waals surface area (Å²) in [6.07, 6.45) is 1.89. The van der Waals surface area contributed by atoms with Crippen molar-refractivity contribution in [2.24, 2.45) is 5.41 Å². The van der Waals surface area contributed by atoms with Crippen LogP contribution in [0.4, 0.5) is 28.0 Å². The number of carbonyl (C=O) groups is 3. The number of ketones is 1. The van der Waals surface area contributed by atoms with Gasteiger partial charge in [-0.1, -0.05) is 30.3 Å². The van der Waals surface area contributed by atoms with E-state index in [0.717, 1.165) is 24.3 Å². The Labute approximate surface area is 256 Å². The monoisotopic (exact) mass is 619 g/mol. The fourth-order valence-corrected chi connectivity index (χ4v) is 8.32. The standard InChI is InChI=1S/C34H29F4N3O4/c1-2-45-32(44)40-17-21(14-19-9-11-23(35)25(37)15-19)30(42)33(18-40)29(20-10-12-24(36)26(38)16-20)28-8-5-13-41(28)34(33)22-6-3-4-7-27(22)39-31(34)43/h3-4,6-7,9-12,14-16,28-29H,2,5,8,13,17-18H2,1H3,(H,39,43)/b21-14+/t28-,29-,33-,34-/m1/s1. The average Bonchev–Trinajstić information content (AvgIpc) is 3.67. The molecule has 7 rings (SSSR count). The Morgan fingerprint density at radius 1 is 1.00 bits per heavy atom. The molecule has 2 spiro atoms. The number of nitrogens with one attached hydrogen (secondary N) is 1. The van der Waals surface area contributed by atoms with Crippen LogP contribution in [0.15, 0.2) is 66.2 Å². The molecular weight excluding hydrogens is 590 g/mol. The van der Waals surface area contributed by atoms with E-state index >= 15 is 4.79 Å². The molecule has 4 heterocycles. The molecule has 2 amide bonds. The average molecular weight is 620 g/mol. The highest BCUT2D eigenvalue weighted by Gasteiger charge is 2.78. The first-order valence-corrected chi connectivity index (χ1v) is 14.9. The summed E-state index contributed by atoms with van der Waals surface area (Å²) in [5.74, 6) is -6.18. The molecule has 4 aliphatic rings. The lowest BCUT2D eigenvalue weighted by molar-refractivity contribution is -0.147. The summed E-state index contributed by atoms with van der Waals surface area (Å²) in [4.78, 5) is 46.7. The number of nitrogens with zero attached hydrogens (tertiary/aromatic N) is 2. The highest BCUT2D eigenvalue weighted by molar-refractivity contribution is 6.16. The molecule has 0 radical (unpaired) electrons. The number of carbonyl (C=O) groups excluding carboxylic acids is 3. The summed E-state index contributed by atoms with van der Waals surface area (Å²) in [6.45, 7) is 1.61. The molecule has 4 aliphatic heterocycles. The van der Waals surface area contributed by atoms with Crippen molar-refractivity contribution in [1.82, 2.24) is 9.80 Å². The minimum atomic E-state index is -1.76.